The molecule has 0 aliphatic heterocycles. The Kier molecular flexibility index (Phi) is 11.0. The van der Waals surface area contributed by atoms with Gasteiger partial charge in [0.05, 0.1) is 0 Å². The predicted octanol–water partition coefficient (Wildman–Crippen LogP) is 3.41. The van der Waals surface area contributed by atoms with Crippen molar-refractivity contribution in [1.29, 1.82) is 0 Å². The molecule has 0 aliphatic carbocycles. The van der Waals surface area contributed by atoms with Crippen molar-refractivity contribution >= 4 is 11.8 Å². The molecule has 0 radical (unpaired) electrons. The van der Waals surface area contributed by atoms with E-state index in [4.69, 9.17) is 0 Å². The summed E-state index contributed by atoms with van der Waals surface area (Å²) < 4.78 is 0. The zero-order valence-corrected chi connectivity index (χ0v) is 14.4. The van der Waals surface area contributed by atoms with Crippen LogP contribution in [0.15, 0.2) is 0 Å². The van der Waals surface area contributed by atoms with Gasteiger partial charge in [0.2, 0.25) is 11.8 Å². The SMILES string of the molecule is CCCCCCC(C)(CCCC)C(=O)NCCNC(C)=O. The minimum absolute atomic E-state index is 0.0578. The van der Waals surface area contributed by atoms with Gasteiger partial charge in [-0.15, -0.1) is 0 Å². The minimum Gasteiger partial charge on any atom is -0.355 e. The van der Waals surface area contributed by atoms with Crippen LogP contribution in [0.5, 0.6) is 0 Å². The molecule has 21 heavy (non-hydrogen) atoms. The van der Waals surface area contributed by atoms with E-state index >= 15 is 0 Å². The van der Waals surface area contributed by atoms with Gasteiger partial charge in [-0.25, -0.2) is 0 Å². The average Bonchev–Trinajstić information content (AvgIpc) is 2.45. The first kappa shape index (κ1) is 19.9. The molecule has 0 aliphatic rings. The zero-order valence-electron chi connectivity index (χ0n) is 14.4. The lowest BCUT2D eigenvalue weighted by atomic mass is 9.79. The highest BCUT2D eigenvalue weighted by molar-refractivity contribution is 5.82. The van der Waals surface area contributed by atoms with Crippen LogP contribution in [0.25, 0.3) is 0 Å². The Balaban J connectivity index is 4.27. The Bertz CT molecular complexity index is 305. The average molecular weight is 298 g/mol. The summed E-state index contributed by atoms with van der Waals surface area (Å²) in [7, 11) is 0. The summed E-state index contributed by atoms with van der Waals surface area (Å²) in [6.07, 6.45) is 8.89. The van der Waals surface area contributed by atoms with Crippen LogP contribution in [-0.2, 0) is 9.59 Å². The second-order valence-electron chi connectivity index (χ2n) is 6.21. The van der Waals surface area contributed by atoms with Gasteiger partial charge in [-0.05, 0) is 12.8 Å². The molecular weight excluding hydrogens is 264 g/mol. The van der Waals surface area contributed by atoms with Gasteiger partial charge in [0, 0.05) is 25.4 Å². The molecule has 2 amide bonds. The number of nitrogens with one attached hydrogen (secondary N) is 2. The van der Waals surface area contributed by atoms with Gasteiger partial charge in [-0.3, -0.25) is 9.59 Å². The molecule has 0 saturated carbocycles. The summed E-state index contributed by atoms with van der Waals surface area (Å²) in [5, 5.41) is 5.68. The third-order valence-electron chi connectivity index (χ3n) is 4.00. The minimum atomic E-state index is -0.264. The molecule has 1 unspecified atom stereocenters. The van der Waals surface area contributed by atoms with E-state index in [-0.39, 0.29) is 17.2 Å². The fourth-order valence-electron chi connectivity index (χ4n) is 2.49. The number of rotatable bonds is 12. The molecule has 0 fully saturated rings. The first-order valence-corrected chi connectivity index (χ1v) is 8.49. The van der Waals surface area contributed by atoms with Crippen molar-refractivity contribution in [2.45, 2.75) is 79.1 Å². The Morgan fingerprint density at radius 1 is 0.857 bits per heavy atom. The first-order chi connectivity index (χ1) is 9.96. The lowest BCUT2D eigenvalue weighted by molar-refractivity contribution is -0.131. The molecule has 1 atom stereocenters. The number of amides is 2. The van der Waals surface area contributed by atoms with Gasteiger partial charge in [0.25, 0.3) is 0 Å². The largest absolute Gasteiger partial charge is 0.355 e. The summed E-state index contributed by atoms with van der Waals surface area (Å²) in [6.45, 7) is 8.94. The van der Waals surface area contributed by atoms with E-state index in [9.17, 15) is 9.59 Å². The van der Waals surface area contributed by atoms with Crippen LogP contribution >= 0.6 is 0 Å². The summed E-state index contributed by atoms with van der Waals surface area (Å²) in [6, 6.07) is 0. The third-order valence-corrected chi connectivity index (χ3v) is 4.00. The van der Waals surface area contributed by atoms with Crippen molar-refractivity contribution < 1.29 is 9.59 Å². The predicted molar refractivity (Wildman–Crippen MR) is 88.1 cm³/mol. The van der Waals surface area contributed by atoms with Crippen molar-refractivity contribution in [2.24, 2.45) is 5.41 Å². The molecule has 0 bridgehead atoms. The second kappa shape index (κ2) is 11.6. The molecule has 0 aromatic rings. The van der Waals surface area contributed by atoms with Crippen LogP contribution in [0.3, 0.4) is 0 Å². The summed E-state index contributed by atoms with van der Waals surface area (Å²) in [5.74, 6) is 0.0790. The van der Waals surface area contributed by atoms with Crippen molar-refractivity contribution in [3.63, 3.8) is 0 Å². The topological polar surface area (TPSA) is 58.2 Å². The number of carbonyl (C=O) groups is 2. The number of hydrogen-bond donors (Lipinski definition) is 2. The molecule has 2 N–H and O–H groups in total. The molecular formula is C17H34N2O2. The lowest BCUT2D eigenvalue weighted by Gasteiger charge is -2.28. The molecule has 4 heteroatoms. The van der Waals surface area contributed by atoms with Gasteiger partial charge in [0.15, 0.2) is 0 Å². The fraction of sp³-hybridized carbons (Fsp3) is 0.882. The number of hydrogen-bond acceptors (Lipinski definition) is 2. The van der Waals surface area contributed by atoms with Crippen LogP contribution in [0.1, 0.15) is 79.1 Å². The Labute approximate surface area is 130 Å². The molecule has 0 aromatic heterocycles. The Hall–Kier alpha value is -1.06. The van der Waals surface area contributed by atoms with Crippen molar-refractivity contribution in [1.82, 2.24) is 10.6 Å². The zero-order chi connectivity index (χ0) is 16.1. The number of unbranched alkanes of at least 4 members (excludes halogenated alkanes) is 4. The number of carbonyl (C=O) groups excluding carboxylic acids is 2. The van der Waals surface area contributed by atoms with E-state index in [1.807, 2.05) is 0 Å². The van der Waals surface area contributed by atoms with E-state index < -0.39 is 0 Å². The van der Waals surface area contributed by atoms with Gasteiger partial charge in [0.1, 0.15) is 0 Å². The summed E-state index contributed by atoms with van der Waals surface area (Å²) in [5.41, 5.74) is -0.264. The van der Waals surface area contributed by atoms with Crippen LogP contribution in [-0.4, -0.2) is 24.9 Å². The van der Waals surface area contributed by atoms with Gasteiger partial charge in [-0.2, -0.15) is 0 Å². The van der Waals surface area contributed by atoms with Crippen molar-refractivity contribution in [3.05, 3.63) is 0 Å². The monoisotopic (exact) mass is 298 g/mol. The van der Waals surface area contributed by atoms with Crippen LogP contribution < -0.4 is 10.6 Å². The van der Waals surface area contributed by atoms with E-state index in [1.54, 1.807) is 0 Å². The van der Waals surface area contributed by atoms with Gasteiger partial charge >= 0.3 is 0 Å². The van der Waals surface area contributed by atoms with Crippen molar-refractivity contribution in [2.75, 3.05) is 13.1 Å². The van der Waals surface area contributed by atoms with Gasteiger partial charge < -0.3 is 10.6 Å². The Morgan fingerprint density at radius 3 is 2.00 bits per heavy atom. The molecule has 124 valence electrons. The summed E-state index contributed by atoms with van der Waals surface area (Å²) in [4.78, 5) is 23.3. The van der Waals surface area contributed by atoms with Crippen LogP contribution in [0.2, 0.25) is 0 Å². The Morgan fingerprint density at radius 2 is 1.43 bits per heavy atom. The maximum absolute atomic E-state index is 12.5. The maximum atomic E-state index is 12.5. The normalized spacial score (nSPS) is 13.5. The van der Waals surface area contributed by atoms with E-state index in [2.05, 4.69) is 31.4 Å². The maximum Gasteiger partial charge on any atom is 0.225 e. The molecule has 0 rings (SSSR count). The molecule has 0 aromatic carbocycles. The highest BCUT2D eigenvalue weighted by atomic mass is 16.2. The third kappa shape index (κ3) is 9.48. The van der Waals surface area contributed by atoms with E-state index in [0.717, 1.165) is 32.1 Å². The van der Waals surface area contributed by atoms with Gasteiger partial charge in [-0.1, -0.05) is 59.3 Å². The van der Waals surface area contributed by atoms with E-state index in [1.165, 1.54) is 26.2 Å². The highest BCUT2D eigenvalue weighted by Crippen LogP contribution is 2.31. The smallest absolute Gasteiger partial charge is 0.225 e. The molecule has 0 saturated heterocycles. The standard InChI is InChI=1S/C17H34N2O2/c1-5-7-9-10-12-17(4,11-8-6-2)16(21)19-14-13-18-15(3)20/h5-14H2,1-4H3,(H,18,20)(H,19,21). The van der Waals surface area contributed by atoms with Crippen LogP contribution in [0.4, 0.5) is 0 Å². The lowest BCUT2D eigenvalue weighted by Crippen LogP contribution is -2.42. The molecule has 4 nitrogen and oxygen atoms in total. The van der Waals surface area contributed by atoms with E-state index in [0.29, 0.717) is 13.1 Å². The molecule has 0 heterocycles. The first-order valence-electron chi connectivity index (χ1n) is 8.49. The summed E-state index contributed by atoms with van der Waals surface area (Å²) >= 11 is 0. The van der Waals surface area contributed by atoms with Crippen molar-refractivity contribution in [3.8, 4) is 0 Å². The quantitative estimate of drug-likeness (QED) is 0.542. The highest BCUT2D eigenvalue weighted by Gasteiger charge is 2.31. The van der Waals surface area contributed by atoms with Crippen LogP contribution in [0, 0.1) is 5.41 Å². The second-order valence-corrected chi connectivity index (χ2v) is 6.21. The molecule has 0 spiro atoms. The fourth-order valence-corrected chi connectivity index (χ4v) is 2.49.